The van der Waals surface area contributed by atoms with Crippen molar-refractivity contribution in [2.45, 2.75) is 71.5 Å². The SMILES string of the molecule is CCC(CC)N(C)CCC(C)(NC(C)C)C(N)=O. The van der Waals surface area contributed by atoms with E-state index in [-0.39, 0.29) is 11.9 Å². The van der Waals surface area contributed by atoms with Gasteiger partial charge in [-0.1, -0.05) is 13.8 Å². The van der Waals surface area contributed by atoms with Gasteiger partial charge >= 0.3 is 0 Å². The molecule has 4 nitrogen and oxygen atoms in total. The highest BCUT2D eigenvalue weighted by molar-refractivity contribution is 5.84. The fraction of sp³-hybridized carbons (Fsp3) is 0.929. The second-order valence-corrected chi connectivity index (χ2v) is 5.70. The largest absolute Gasteiger partial charge is 0.368 e. The van der Waals surface area contributed by atoms with Gasteiger partial charge in [-0.25, -0.2) is 0 Å². The lowest BCUT2D eigenvalue weighted by molar-refractivity contribution is -0.124. The number of carbonyl (C=O) groups is 1. The van der Waals surface area contributed by atoms with Gasteiger partial charge in [0.25, 0.3) is 0 Å². The van der Waals surface area contributed by atoms with Crippen LogP contribution in [-0.4, -0.2) is 42.0 Å². The van der Waals surface area contributed by atoms with E-state index in [1.54, 1.807) is 0 Å². The molecular weight excluding hydrogens is 226 g/mol. The summed E-state index contributed by atoms with van der Waals surface area (Å²) in [5, 5.41) is 3.28. The summed E-state index contributed by atoms with van der Waals surface area (Å²) in [6.07, 6.45) is 3.02. The second-order valence-electron chi connectivity index (χ2n) is 5.70. The zero-order chi connectivity index (χ0) is 14.3. The van der Waals surface area contributed by atoms with Crippen molar-refractivity contribution in [1.82, 2.24) is 10.2 Å². The molecule has 0 aliphatic rings. The maximum absolute atomic E-state index is 11.6. The van der Waals surface area contributed by atoms with Crippen LogP contribution >= 0.6 is 0 Å². The maximum Gasteiger partial charge on any atom is 0.237 e. The fourth-order valence-electron chi connectivity index (χ4n) is 2.40. The molecule has 0 aromatic carbocycles. The van der Waals surface area contributed by atoms with Crippen molar-refractivity contribution in [3.63, 3.8) is 0 Å². The Morgan fingerprint density at radius 1 is 1.33 bits per heavy atom. The van der Waals surface area contributed by atoms with Gasteiger partial charge in [-0.3, -0.25) is 4.79 Å². The molecule has 0 fully saturated rings. The minimum Gasteiger partial charge on any atom is -0.368 e. The van der Waals surface area contributed by atoms with Crippen LogP contribution in [0.15, 0.2) is 0 Å². The topological polar surface area (TPSA) is 58.4 Å². The molecule has 0 radical (unpaired) electrons. The second kappa shape index (κ2) is 7.74. The molecule has 0 aromatic rings. The molecule has 3 N–H and O–H groups in total. The number of nitrogens with one attached hydrogen (secondary N) is 1. The van der Waals surface area contributed by atoms with E-state index in [1.807, 2.05) is 20.8 Å². The molecule has 0 saturated carbocycles. The number of rotatable bonds is 9. The van der Waals surface area contributed by atoms with Gasteiger partial charge in [0.05, 0.1) is 5.54 Å². The van der Waals surface area contributed by atoms with Gasteiger partial charge in [-0.05, 0) is 47.1 Å². The lowest BCUT2D eigenvalue weighted by Crippen LogP contribution is -2.56. The van der Waals surface area contributed by atoms with Crippen LogP contribution in [0, 0.1) is 0 Å². The highest BCUT2D eigenvalue weighted by atomic mass is 16.1. The molecule has 1 unspecified atom stereocenters. The maximum atomic E-state index is 11.6. The number of carbonyl (C=O) groups excluding carboxylic acids is 1. The molecule has 0 aromatic heterocycles. The monoisotopic (exact) mass is 257 g/mol. The molecule has 0 saturated heterocycles. The summed E-state index contributed by atoms with van der Waals surface area (Å²) in [5.41, 5.74) is 4.91. The van der Waals surface area contributed by atoms with Crippen molar-refractivity contribution < 1.29 is 4.79 Å². The van der Waals surface area contributed by atoms with Crippen molar-refractivity contribution in [3.05, 3.63) is 0 Å². The molecule has 0 heterocycles. The van der Waals surface area contributed by atoms with E-state index in [2.05, 4.69) is 31.1 Å². The Balaban J connectivity index is 4.48. The summed E-state index contributed by atoms with van der Waals surface area (Å²) in [4.78, 5) is 13.9. The lowest BCUT2D eigenvalue weighted by Gasteiger charge is -2.33. The van der Waals surface area contributed by atoms with Crippen molar-refractivity contribution in [2.75, 3.05) is 13.6 Å². The third-order valence-corrected chi connectivity index (χ3v) is 3.68. The quantitative estimate of drug-likeness (QED) is 0.661. The minimum absolute atomic E-state index is 0.251. The highest BCUT2D eigenvalue weighted by Crippen LogP contribution is 2.14. The summed E-state index contributed by atoms with van der Waals surface area (Å²) < 4.78 is 0. The van der Waals surface area contributed by atoms with Crippen LogP contribution < -0.4 is 11.1 Å². The van der Waals surface area contributed by atoms with E-state index >= 15 is 0 Å². The molecule has 1 amide bonds. The summed E-state index contributed by atoms with van der Waals surface area (Å²) >= 11 is 0. The Hall–Kier alpha value is -0.610. The van der Waals surface area contributed by atoms with Gasteiger partial charge < -0.3 is 16.0 Å². The zero-order valence-corrected chi connectivity index (χ0v) is 12.9. The van der Waals surface area contributed by atoms with Gasteiger partial charge in [-0.15, -0.1) is 0 Å². The van der Waals surface area contributed by atoms with E-state index in [0.29, 0.717) is 6.04 Å². The van der Waals surface area contributed by atoms with Crippen LogP contribution in [0.25, 0.3) is 0 Å². The zero-order valence-electron chi connectivity index (χ0n) is 12.9. The number of hydrogen-bond acceptors (Lipinski definition) is 3. The van der Waals surface area contributed by atoms with Crippen LogP contribution in [0.2, 0.25) is 0 Å². The molecule has 4 heteroatoms. The van der Waals surface area contributed by atoms with E-state index in [1.165, 1.54) is 0 Å². The highest BCUT2D eigenvalue weighted by Gasteiger charge is 2.31. The van der Waals surface area contributed by atoms with Gasteiger partial charge in [-0.2, -0.15) is 0 Å². The van der Waals surface area contributed by atoms with Crippen LogP contribution in [0.1, 0.15) is 53.9 Å². The normalized spacial score (nSPS) is 15.4. The number of hydrogen-bond donors (Lipinski definition) is 2. The Morgan fingerprint density at radius 3 is 2.17 bits per heavy atom. The van der Waals surface area contributed by atoms with E-state index < -0.39 is 5.54 Å². The Bertz CT molecular complexity index is 251. The molecule has 18 heavy (non-hydrogen) atoms. The molecule has 0 spiro atoms. The smallest absolute Gasteiger partial charge is 0.237 e. The van der Waals surface area contributed by atoms with E-state index in [4.69, 9.17) is 5.73 Å². The predicted molar refractivity (Wildman–Crippen MR) is 77.5 cm³/mol. The van der Waals surface area contributed by atoms with Crippen molar-refractivity contribution in [1.29, 1.82) is 0 Å². The first-order valence-corrected chi connectivity index (χ1v) is 7.04. The molecule has 0 aliphatic carbocycles. The lowest BCUT2D eigenvalue weighted by atomic mass is 9.95. The number of amides is 1. The number of nitrogens with zero attached hydrogens (tertiary/aromatic N) is 1. The molecule has 0 bridgehead atoms. The molecule has 0 aliphatic heterocycles. The first-order chi connectivity index (χ1) is 8.26. The summed E-state index contributed by atoms with van der Waals surface area (Å²) in [6.45, 7) is 11.2. The van der Waals surface area contributed by atoms with E-state index in [0.717, 1.165) is 25.8 Å². The van der Waals surface area contributed by atoms with Crippen LogP contribution in [0.5, 0.6) is 0 Å². The van der Waals surface area contributed by atoms with E-state index in [9.17, 15) is 4.79 Å². The average Bonchev–Trinajstić information content (AvgIpc) is 2.27. The Morgan fingerprint density at radius 2 is 1.83 bits per heavy atom. The molecule has 0 rings (SSSR count). The Kier molecular flexibility index (Phi) is 7.48. The third-order valence-electron chi connectivity index (χ3n) is 3.68. The van der Waals surface area contributed by atoms with Crippen molar-refractivity contribution >= 4 is 5.91 Å². The molecule has 1 atom stereocenters. The van der Waals surface area contributed by atoms with Crippen LogP contribution in [0.4, 0.5) is 0 Å². The first-order valence-electron chi connectivity index (χ1n) is 7.04. The standard InChI is InChI=1S/C14H31N3O/c1-7-12(8-2)17(6)10-9-14(5,13(15)18)16-11(3)4/h11-12,16H,7-10H2,1-6H3,(H2,15,18). The van der Waals surface area contributed by atoms with Crippen LogP contribution in [-0.2, 0) is 4.79 Å². The first kappa shape index (κ1) is 17.4. The Labute approximate surface area is 112 Å². The number of primary amides is 1. The molecular formula is C14H31N3O. The van der Waals surface area contributed by atoms with Crippen molar-refractivity contribution in [3.8, 4) is 0 Å². The summed E-state index contributed by atoms with van der Waals surface area (Å²) in [5.74, 6) is -0.269. The fourth-order valence-corrected chi connectivity index (χ4v) is 2.40. The molecule has 108 valence electrons. The van der Waals surface area contributed by atoms with Gasteiger partial charge in [0.2, 0.25) is 5.91 Å². The minimum atomic E-state index is -0.617. The van der Waals surface area contributed by atoms with Gasteiger partial charge in [0, 0.05) is 18.6 Å². The third kappa shape index (κ3) is 5.36. The van der Waals surface area contributed by atoms with Gasteiger partial charge in [0.1, 0.15) is 0 Å². The summed E-state index contributed by atoms with van der Waals surface area (Å²) in [7, 11) is 2.12. The van der Waals surface area contributed by atoms with Gasteiger partial charge in [0.15, 0.2) is 0 Å². The predicted octanol–water partition coefficient (Wildman–Crippen LogP) is 1.74. The van der Waals surface area contributed by atoms with Crippen LogP contribution in [0.3, 0.4) is 0 Å². The van der Waals surface area contributed by atoms with Crippen molar-refractivity contribution in [2.24, 2.45) is 5.73 Å². The summed E-state index contributed by atoms with van der Waals surface area (Å²) in [6, 6.07) is 0.835. The number of nitrogens with two attached hydrogens (primary N) is 1. The average molecular weight is 257 g/mol.